The van der Waals surface area contributed by atoms with E-state index in [9.17, 15) is 14.0 Å². The number of esters is 1. The Kier molecular flexibility index (Phi) is 8.18. The molecule has 3 heterocycles. The van der Waals surface area contributed by atoms with Crippen molar-refractivity contribution in [3.05, 3.63) is 127 Å². The molecule has 0 saturated carbocycles. The maximum atomic E-state index is 14.3. The van der Waals surface area contributed by atoms with E-state index in [4.69, 9.17) is 19.3 Å². The van der Waals surface area contributed by atoms with E-state index in [1.54, 1.807) is 62.0 Å². The minimum absolute atomic E-state index is 0.152. The number of nitrogens with zero attached hydrogens (tertiary/aromatic N) is 4. The zero-order chi connectivity index (χ0) is 31.7. The van der Waals surface area contributed by atoms with Gasteiger partial charge < -0.3 is 14.2 Å². The van der Waals surface area contributed by atoms with E-state index in [-0.39, 0.29) is 23.6 Å². The van der Waals surface area contributed by atoms with Crippen LogP contribution in [0.1, 0.15) is 31.0 Å². The van der Waals surface area contributed by atoms with E-state index in [0.717, 1.165) is 5.69 Å². The number of hydrogen-bond donors (Lipinski definition) is 0. The van der Waals surface area contributed by atoms with E-state index < -0.39 is 12.0 Å². The van der Waals surface area contributed by atoms with Gasteiger partial charge in [-0.2, -0.15) is 5.10 Å². The van der Waals surface area contributed by atoms with Crippen LogP contribution in [0.2, 0.25) is 0 Å². The first-order chi connectivity index (χ1) is 21.8. The topological polar surface area (TPSA) is 96.9 Å². The maximum absolute atomic E-state index is 14.3. The lowest BCUT2D eigenvalue weighted by Crippen LogP contribution is -2.40. The summed E-state index contributed by atoms with van der Waals surface area (Å²) in [5.41, 5.74) is 3.57. The van der Waals surface area contributed by atoms with Crippen LogP contribution in [0.4, 0.5) is 4.39 Å². The number of aromatic nitrogens is 3. The predicted molar refractivity (Wildman–Crippen MR) is 169 cm³/mol. The zero-order valence-corrected chi connectivity index (χ0v) is 25.8. The fourth-order valence-electron chi connectivity index (χ4n) is 5.32. The third-order valence-corrected chi connectivity index (χ3v) is 8.40. The lowest BCUT2D eigenvalue weighted by Gasteiger charge is -2.26. The summed E-state index contributed by atoms with van der Waals surface area (Å²) in [7, 11) is 3.07. The van der Waals surface area contributed by atoms with Gasteiger partial charge >= 0.3 is 5.97 Å². The molecule has 2 aromatic heterocycles. The van der Waals surface area contributed by atoms with Crippen molar-refractivity contribution < 1.29 is 23.4 Å². The van der Waals surface area contributed by atoms with E-state index in [1.165, 1.54) is 35.1 Å². The molecule has 228 valence electrons. The lowest BCUT2D eigenvalue weighted by molar-refractivity contribution is -0.139. The molecule has 1 atom stereocenters. The van der Waals surface area contributed by atoms with Crippen molar-refractivity contribution in [2.45, 2.75) is 19.9 Å². The number of para-hydroxylation sites is 1. The molecular formula is C34H29FN4O5S. The molecule has 11 heteroatoms. The largest absolute Gasteiger partial charge is 0.497 e. The number of carbonyl (C=O) groups is 1. The van der Waals surface area contributed by atoms with Crippen LogP contribution in [-0.2, 0) is 9.53 Å². The average Bonchev–Trinajstić information content (AvgIpc) is 3.61. The van der Waals surface area contributed by atoms with E-state index >= 15 is 0 Å². The highest BCUT2D eigenvalue weighted by Crippen LogP contribution is 2.38. The number of benzene rings is 3. The highest BCUT2D eigenvalue weighted by Gasteiger charge is 2.35. The van der Waals surface area contributed by atoms with Crippen LogP contribution in [-0.4, -0.2) is 41.1 Å². The fourth-order valence-corrected chi connectivity index (χ4v) is 6.36. The summed E-state index contributed by atoms with van der Waals surface area (Å²) in [6, 6.07) is 19.9. The van der Waals surface area contributed by atoms with Crippen LogP contribution in [0.5, 0.6) is 11.5 Å². The molecule has 9 nitrogen and oxygen atoms in total. The smallest absolute Gasteiger partial charge is 0.338 e. The van der Waals surface area contributed by atoms with Crippen molar-refractivity contribution in [1.82, 2.24) is 14.3 Å². The molecule has 3 aromatic carbocycles. The van der Waals surface area contributed by atoms with Gasteiger partial charge in [-0.15, -0.1) is 0 Å². The number of allylic oxidation sites excluding steroid dienone is 1. The molecule has 1 aliphatic rings. The SMILES string of the molecule is CCOC(=O)C1=C(C)N=c2sc(=Cc3cn(-c4ccccc4)nc3-c3ccc(F)cc3)c(=O)n2C1c1cc(OC)ccc1OC. The Balaban J connectivity index is 1.59. The Morgan fingerprint density at radius 2 is 1.80 bits per heavy atom. The average molecular weight is 625 g/mol. The predicted octanol–water partition coefficient (Wildman–Crippen LogP) is 4.81. The van der Waals surface area contributed by atoms with E-state index in [1.807, 2.05) is 36.5 Å². The third kappa shape index (κ3) is 5.58. The maximum Gasteiger partial charge on any atom is 0.338 e. The summed E-state index contributed by atoms with van der Waals surface area (Å²) in [4.78, 5) is 32.8. The number of hydrogen-bond acceptors (Lipinski definition) is 8. The molecule has 1 aliphatic heterocycles. The molecule has 0 aliphatic carbocycles. The van der Waals surface area contributed by atoms with Crippen LogP contribution in [0.3, 0.4) is 0 Å². The van der Waals surface area contributed by atoms with Crippen molar-refractivity contribution in [2.24, 2.45) is 4.99 Å². The van der Waals surface area contributed by atoms with Gasteiger partial charge in [0.25, 0.3) is 5.56 Å². The van der Waals surface area contributed by atoms with Crippen LogP contribution < -0.4 is 24.4 Å². The Bertz CT molecular complexity index is 2110. The number of methoxy groups -OCH3 is 2. The van der Waals surface area contributed by atoms with Crippen molar-refractivity contribution in [3.63, 3.8) is 0 Å². The second-order valence-electron chi connectivity index (χ2n) is 10.1. The Labute approximate surface area is 261 Å². The molecule has 0 radical (unpaired) electrons. The lowest BCUT2D eigenvalue weighted by atomic mass is 9.94. The zero-order valence-electron chi connectivity index (χ0n) is 25.0. The molecule has 5 aromatic rings. The fraction of sp³-hybridized carbons (Fsp3) is 0.176. The van der Waals surface area contributed by atoms with Gasteiger partial charge in [-0.25, -0.2) is 18.9 Å². The highest BCUT2D eigenvalue weighted by atomic mass is 32.1. The number of ether oxygens (including phenoxy) is 3. The van der Waals surface area contributed by atoms with Gasteiger partial charge in [-0.05, 0) is 74.5 Å². The summed E-state index contributed by atoms with van der Waals surface area (Å²) in [6.07, 6.45) is 3.57. The number of rotatable bonds is 8. The van der Waals surface area contributed by atoms with Crippen molar-refractivity contribution in [3.8, 4) is 28.4 Å². The van der Waals surface area contributed by atoms with Crippen LogP contribution in [0.25, 0.3) is 23.0 Å². The highest BCUT2D eigenvalue weighted by molar-refractivity contribution is 7.07. The second kappa shape index (κ2) is 12.4. The number of thiazole rings is 1. The molecule has 0 amide bonds. The summed E-state index contributed by atoms with van der Waals surface area (Å²) >= 11 is 1.19. The minimum Gasteiger partial charge on any atom is -0.497 e. The first-order valence-electron chi connectivity index (χ1n) is 14.2. The Morgan fingerprint density at radius 3 is 2.49 bits per heavy atom. The van der Waals surface area contributed by atoms with Crippen LogP contribution in [0, 0.1) is 5.82 Å². The van der Waals surface area contributed by atoms with Crippen molar-refractivity contribution >= 4 is 23.4 Å². The molecule has 0 bridgehead atoms. The van der Waals surface area contributed by atoms with Gasteiger partial charge in [-0.3, -0.25) is 9.36 Å². The third-order valence-electron chi connectivity index (χ3n) is 7.42. The molecule has 45 heavy (non-hydrogen) atoms. The van der Waals surface area contributed by atoms with Gasteiger partial charge in [0, 0.05) is 22.9 Å². The molecule has 6 rings (SSSR count). The normalized spacial score (nSPS) is 14.6. The second-order valence-corrected chi connectivity index (χ2v) is 11.1. The first-order valence-corrected chi connectivity index (χ1v) is 15.0. The number of halogens is 1. The molecule has 1 unspecified atom stereocenters. The summed E-state index contributed by atoms with van der Waals surface area (Å²) < 4.78 is 34.0. The standard InChI is InChI=1S/C34H29FN4O5S/c1-5-44-33(41)29-20(2)36-34-39(31(29)26-18-25(42-3)15-16-27(26)43-4)32(40)28(45-34)17-22-19-38(24-9-7-6-8-10-24)37-30(22)21-11-13-23(35)14-12-21/h6-19,31H,5H2,1-4H3. The van der Waals surface area contributed by atoms with Crippen molar-refractivity contribution in [2.75, 3.05) is 20.8 Å². The Hall–Kier alpha value is -5.29. The van der Waals surface area contributed by atoms with Crippen LogP contribution >= 0.6 is 11.3 Å². The molecular weight excluding hydrogens is 595 g/mol. The molecule has 0 fully saturated rings. The quantitative estimate of drug-likeness (QED) is 0.230. The van der Waals surface area contributed by atoms with Crippen molar-refractivity contribution in [1.29, 1.82) is 0 Å². The van der Waals surface area contributed by atoms with Crippen LogP contribution in [0.15, 0.2) is 100 Å². The number of carbonyl (C=O) groups excluding carboxylic acids is 1. The molecule has 0 saturated heterocycles. The molecule has 0 N–H and O–H groups in total. The summed E-state index contributed by atoms with van der Waals surface area (Å²) in [5, 5.41) is 4.80. The Morgan fingerprint density at radius 1 is 1.04 bits per heavy atom. The molecule has 0 spiro atoms. The summed E-state index contributed by atoms with van der Waals surface area (Å²) in [5.74, 6) is 0.0557. The summed E-state index contributed by atoms with van der Waals surface area (Å²) in [6.45, 7) is 3.59. The van der Waals surface area contributed by atoms with E-state index in [2.05, 4.69) is 4.99 Å². The number of fused-ring (bicyclic) bond motifs is 1. The monoisotopic (exact) mass is 624 g/mol. The minimum atomic E-state index is -0.892. The first kappa shape index (κ1) is 29.8. The van der Waals surface area contributed by atoms with Gasteiger partial charge in [-0.1, -0.05) is 29.5 Å². The van der Waals surface area contributed by atoms with Gasteiger partial charge in [0.1, 0.15) is 29.1 Å². The van der Waals surface area contributed by atoms with Gasteiger partial charge in [0.05, 0.1) is 42.3 Å². The van der Waals surface area contributed by atoms with Gasteiger partial charge in [0.15, 0.2) is 4.80 Å². The van der Waals surface area contributed by atoms with E-state index in [0.29, 0.717) is 48.9 Å². The van der Waals surface area contributed by atoms with Gasteiger partial charge in [0.2, 0.25) is 0 Å².